The van der Waals surface area contributed by atoms with E-state index in [0.717, 1.165) is 10.6 Å². The number of para-hydroxylation sites is 1. The maximum atomic E-state index is 12.5. The summed E-state index contributed by atoms with van der Waals surface area (Å²) in [4.78, 5) is 12.5. The molecule has 2 aromatic rings. The Balaban J connectivity index is 1.63. The fourth-order valence-corrected chi connectivity index (χ4v) is 3.95. The Morgan fingerprint density at radius 1 is 1.29 bits per heavy atom. The van der Waals surface area contributed by atoms with Gasteiger partial charge in [-0.15, -0.1) is 0 Å². The van der Waals surface area contributed by atoms with E-state index < -0.39 is 22.0 Å². The predicted octanol–water partition coefficient (Wildman–Crippen LogP) is 2.72. The zero-order valence-electron chi connectivity index (χ0n) is 14.9. The van der Waals surface area contributed by atoms with Gasteiger partial charge in [0.1, 0.15) is 18.1 Å². The van der Waals surface area contributed by atoms with E-state index in [2.05, 4.69) is 5.32 Å². The molecule has 1 N–H and O–H groups in total. The Hall–Kier alpha value is -2.16. The number of nitrogens with one attached hydrogen (secondary N) is 1. The first kappa shape index (κ1) is 20.6. The zero-order chi connectivity index (χ0) is 20.3. The second kappa shape index (κ2) is 8.46. The highest BCUT2D eigenvalue weighted by atomic mass is 35.5. The van der Waals surface area contributed by atoms with Crippen LogP contribution in [-0.2, 0) is 14.8 Å². The number of hydrogen-bond acceptors (Lipinski definition) is 5. The second-order valence-corrected chi connectivity index (χ2v) is 8.83. The van der Waals surface area contributed by atoms with E-state index in [1.807, 2.05) is 0 Å². The van der Waals surface area contributed by atoms with Crippen LogP contribution in [0.1, 0.15) is 0 Å². The third-order valence-electron chi connectivity index (χ3n) is 3.98. The Labute approximate surface area is 173 Å². The molecule has 1 atom stereocenters. The van der Waals surface area contributed by atoms with Crippen LogP contribution in [0.25, 0.3) is 0 Å². The summed E-state index contributed by atoms with van der Waals surface area (Å²) in [6.45, 7) is 0.254. The topological polar surface area (TPSA) is 84.9 Å². The van der Waals surface area contributed by atoms with Crippen LogP contribution in [0.3, 0.4) is 0 Å². The maximum absolute atomic E-state index is 12.5. The van der Waals surface area contributed by atoms with Gasteiger partial charge >= 0.3 is 0 Å². The number of halogens is 2. The number of carbonyl (C=O) groups is 1. The molecule has 1 amide bonds. The second-order valence-electron chi connectivity index (χ2n) is 6.08. The highest BCUT2D eigenvalue weighted by Gasteiger charge is 2.35. The molecule has 0 saturated heterocycles. The summed E-state index contributed by atoms with van der Waals surface area (Å²) in [5.41, 5.74) is 0.307. The summed E-state index contributed by atoms with van der Waals surface area (Å²) >= 11 is 12.0. The lowest BCUT2D eigenvalue weighted by Crippen LogP contribution is -2.51. The summed E-state index contributed by atoms with van der Waals surface area (Å²) in [5.74, 6) is 0.340. The normalized spacial score (nSPS) is 16.1. The molecule has 0 fully saturated rings. The maximum Gasteiger partial charge on any atom is 0.263 e. The summed E-state index contributed by atoms with van der Waals surface area (Å²) in [6.07, 6.45) is 0.0683. The van der Waals surface area contributed by atoms with Crippen LogP contribution in [0.5, 0.6) is 11.5 Å². The third kappa shape index (κ3) is 4.81. The molecule has 1 aliphatic heterocycles. The van der Waals surface area contributed by atoms with Gasteiger partial charge < -0.3 is 14.8 Å². The third-order valence-corrected chi connectivity index (χ3v) is 5.67. The van der Waals surface area contributed by atoms with Gasteiger partial charge in [-0.05, 0) is 30.3 Å². The number of ether oxygens (including phenoxy) is 2. The van der Waals surface area contributed by atoms with E-state index in [9.17, 15) is 13.2 Å². The Morgan fingerprint density at radius 3 is 2.75 bits per heavy atom. The van der Waals surface area contributed by atoms with Gasteiger partial charge in [0.25, 0.3) is 5.91 Å². The molecule has 10 heteroatoms. The van der Waals surface area contributed by atoms with Crippen molar-refractivity contribution in [2.45, 2.75) is 6.10 Å². The number of anilines is 1. The minimum Gasteiger partial charge on any atom is -0.490 e. The minimum atomic E-state index is -3.61. The number of amides is 1. The van der Waals surface area contributed by atoms with Crippen LogP contribution < -0.4 is 19.1 Å². The Morgan fingerprint density at radius 2 is 2.04 bits per heavy atom. The number of sulfonamides is 1. The van der Waals surface area contributed by atoms with Gasteiger partial charge in [0, 0.05) is 5.02 Å². The molecular formula is C18H18Cl2N2O5S. The molecule has 0 aromatic heterocycles. The fourth-order valence-electron chi connectivity index (χ4n) is 2.69. The molecule has 7 nitrogen and oxygen atoms in total. The lowest BCUT2D eigenvalue weighted by molar-refractivity contribution is -0.127. The number of rotatable bonds is 6. The Kier molecular flexibility index (Phi) is 6.22. The van der Waals surface area contributed by atoms with Crippen LogP contribution in [0.4, 0.5) is 5.69 Å². The smallest absolute Gasteiger partial charge is 0.263 e. The van der Waals surface area contributed by atoms with Crippen molar-refractivity contribution in [3.63, 3.8) is 0 Å². The Bertz CT molecular complexity index is 984. The number of benzene rings is 2. The molecule has 0 aliphatic carbocycles. The van der Waals surface area contributed by atoms with Gasteiger partial charge in [0.2, 0.25) is 10.0 Å². The van der Waals surface area contributed by atoms with E-state index in [1.165, 1.54) is 12.1 Å². The van der Waals surface area contributed by atoms with E-state index in [-0.39, 0.29) is 25.4 Å². The molecule has 1 heterocycles. The van der Waals surface area contributed by atoms with E-state index in [0.29, 0.717) is 21.5 Å². The first-order chi connectivity index (χ1) is 13.3. The van der Waals surface area contributed by atoms with E-state index >= 15 is 0 Å². The summed E-state index contributed by atoms with van der Waals surface area (Å²) < 4.78 is 36.6. The van der Waals surface area contributed by atoms with Gasteiger partial charge in [-0.2, -0.15) is 0 Å². The van der Waals surface area contributed by atoms with Crippen molar-refractivity contribution in [2.75, 3.05) is 30.3 Å². The van der Waals surface area contributed by atoms with Crippen molar-refractivity contribution in [1.82, 2.24) is 5.32 Å². The van der Waals surface area contributed by atoms with Gasteiger partial charge in [-0.1, -0.05) is 35.3 Å². The number of fused-ring (bicyclic) bond motifs is 1. The lowest BCUT2D eigenvalue weighted by atomic mass is 10.2. The van der Waals surface area contributed by atoms with Crippen molar-refractivity contribution in [2.24, 2.45) is 0 Å². The molecule has 150 valence electrons. The van der Waals surface area contributed by atoms with Gasteiger partial charge in [0.15, 0.2) is 6.10 Å². The fraction of sp³-hybridized carbons (Fsp3) is 0.278. The standard InChI is InChI=1S/C18H18Cl2N2O5S/c1-28(24,25)22-11-17(27-16-7-6-12(19)10-14(16)22)18(23)21-8-9-26-15-5-3-2-4-13(15)20/h2-7,10,17H,8-9,11H2,1H3,(H,21,23). The molecule has 0 saturated carbocycles. The lowest BCUT2D eigenvalue weighted by Gasteiger charge is -2.34. The van der Waals surface area contributed by atoms with Gasteiger partial charge in [-0.3, -0.25) is 9.10 Å². The summed E-state index contributed by atoms with van der Waals surface area (Å²) in [7, 11) is -3.61. The number of carbonyl (C=O) groups excluding carboxylic acids is 1. The molecular weight excluding hydrogens is 427 g/mol. The van der Waals surface area contributed by atoms with Crippen LogP contribution in [-0.4, -0.2) is 46.4 Å². The van der Waals surface area contributed by atoms with Gasteiger partial charge in [0.05, 0.1) is 30.1 Å². The van der Waals surface area contributed by atoms with Crippen molar-refractivity contribution in [3.8, 4) is 11.5 Å². The molecule has 1 aliphatic rings. The van der Waals surface area contributed by atoms with Crippen molar-refractivity contribution in [1.29, 1.82) is 0 Å². The number of nitrogens with zero attached hydrogens (tertiary/aromatic N) is 1. The van der Waals surface area contributed by atoms with Crippen LogP contribution >= 0.6 is 23.2 Å². The van der Waals surface area contributed by atoms with Crippen LogP contribution in [0.15, 0.2) is 42.5 Å². The average Bonchev–Trinajstić information content (AvgIpc) is 2.64. The van der Waals surface area contributed by atoms with Crippen LogP contribution in [0, 0.1) is 0 Å². The van der Waals surface area contributed by atoms with E-state index in [4.69, 9.17) is 32.7 Å². The summed E-state index contributed by atoms with van der Waals surface area (Å²) in [5, 5.41) is 3.52. The molecule has 28 heavy (non-hydrogen) atoms. The first-order valence-electron chi connectivity index (χ1n) is 8.34. The number of hydrogen-bond donors (Lipinski definition) is 1. The quantitative estimate of drug-likeness (QED) is 0.692. The molecule has 0 spiro atoms. The van der Waals surface area contributed by atoms with Crippen molar-refractivity contribution >= 4 is 44.8 Å². The molecule has 3 rings (SSSR count). The van der Waals surface area contributed by atoms with Crippen molar-refractivity contribution < 1.29 is 22.7 Å². The average molecular weight is 445 g/mol. The molecule has 0 bridgehead atoms. The zero-order valence-corrected chi connectivity index (χ0v) is 17.2. The molecule has 1 unspecified atom stereocenters. The molecule has 0 radical (unpaired) electrons. The van der Waals surface area contributed by atoms with E-state index in [1.54, 1.807) is 30.3 Å². The largest absolute Gasteiger partial charge is 0.490 e. The first-order valence-corrected chi connectivity index (χ1v) is 10.9. The highest BCUT2D eigenvalue weighted by molar-refractivity contribution is 7.92. The van der Waals surface area contributed by atoms with Crippen molar-refractivity contribution in [3.05, 3.63) is 52.5 Å². The van der Waals surface area contributed by atoms with Gasteiger partial charge in [-0.25, -0.2) is 8.42 Å². The minimum absolute atomic E-state index is 0.149. The molecule has 2 aromatic carbocycles. The van der Waals surface area contributed by atoms with Crippen LogP contribution in [0.2, 0.25) is 10.0 Å². The highest BCUT2D eigenvalue weighted by Crippen LogP contribution is 2.37. The monoisotopic (exact) mass is 444 g/mol. The SMILES string of the molecule is CS(=O)(=O)N1CC(C(=O)NCCOc2ccccc2Cl)Oc2ccc(Cl)cc21. The predicted molar refractivity (Wildman–Crippen MR) is 108 cm³/mol. The summed E-state index contributed by atoms with van der Waals surface area (Å²) in [6, 6.07) is 11.6.